The summed E-state index contributed by atoms with van der Waals surface area (Å²) in [5, 5.41) is 30.6. The van der Waals surface area contributed by atoms with Gasteiger partial charge in [-0.05, 0) is 129 Å². The summed E-state index contributed by atoms with van der Waals surface area (Å²) in [5.74, 6) is -0.159. The van der Waals surface area contributed by atoms with Crippen LogP contribution in [0.15, 0.2) is 107 Å². The van der Waals surface area contributed by atoms with Crippen LogP contribution in [0.5, 0.6) is 11.5 Å². The first-order valence-corrected chi connectivity index (χ1v) is 31.9. The Kier molecular flexibility index (Phi) is 23.8. The lowest BCUT2D eigenvalue weighted by atomic mass is 9.95. The Bertz CT molecular complexity index is 3290. The minimum absolute atomic E-state index is 0.00834. The lowest BCUT2D eigenvalue weighted by molar-refractivity contribution is -0.143. The molecule has 0 radical (unpaired) electrons. The van der Waals surface area contributed by atoms with Crippen LogP contribution in [0.4, 0.5) is 5.69 Å². The van der Waals surface area contributed by atoms with E-state index in [0.29, 0.717) is 101 Å². The topological polar surface area (TPSA) is 232 Å². The zero-order chi connectivity index (χ0) is 63.0. The van der Waals surface area contributed by atoms with E-state index in [1.807, 2.05) is 114 Å². The Hall–Kier alpha value is -7.21. The molecule has 4 aromatic carbocycles. The van der Waals surface area contributed by atoms with Gasteiger partial charge in [0.1, 0.15) is 43.0 Å². The van der Waals surface area contributed by atoms with Crippen molar-refractivity contribution >= 4 is 40.7 Å². The van der Waals surface area contributed by atoms with Gasteiger partial charge in [0.25, 0.3) is 11.8 Å². The third-order valence-corrected chi connectivity index (χ3v) is 17.7. The number of aliphatic hydroxyl groups is 2. The number of aryl methyl sites for hydroxylation is 1. The van der Waals surface area contributed by atoms with Gasteiger partial charge in [0.15, 0.2) is 0 Å². The fraction of sp³-hybridized carbons (Fsp3) is 0.485. The van der Waals surface area contributed by atoms with E-state index < -0.39 is 30.3 Å². The van der Waals surface area contributed by atoms with E-state index in [0.717, 1.165) is 85.9 Å². The van der Waals surface area contributed by atoms with Crippen molar-refractivity contribution in [1.29, 1.82) is 0 Å². The molecule has 89 heavy (non-hydrogen) atoms. The van der Waals surface area contributed by atoms with Crippen molar-refractivity contribution in [3.63, 3.8) is 0 Å². The number of hydrogen-bond donors (Lipinski definition) is 5. The number of carbonyl (C=O) groups is 4. The Morgan fingerprint density at radius 3 is 2.10 bits per heavy atom. The van der Waals surface area contributed by atoms with Crippen LogP contribution in [-0.4, -0.2) is 178 Å². The van der Waals surface area contributed by atoms with Gasteiger partial charge in [-0.3, -0.25) is 19.2 Å². The minimum atomic E-state index is -0.921. The number of aromatic nitrogens is 1. The average Bonchev–Trinajstić information content (AvgIpc) is 1.82. The van der Waals surface area contributed by atoms with Gasteiger partial charge in [0, 0.05) is 92.0 Å². The van der Waals surface area contributed by atoms with Crippen LogP contribution < -0.4 is 30.3 Å². The number of benzene rings is 4. The summed E-state index contributed by atoms with van der Waals surface area (Å²) in [4.78, 5) is 66.6. The molecule has 0 bridgehead atoms. The zero-order valence-corrected chi connectivity index (χ0v) is 53.2. The predicted octanol–water partition coefficient (Wildman–Crippen LogP) is 7.75. The fourth-order valence-corrected chi connectivity index (χ4v) is 12.9. The lowest BCUT2D eigenvalue weighted by Crippen LogP contribution is -2.55. The molecule has 1 unspecified atom stereocenters. The molecule has 5 aromatic rings. The Labute approximate surface area is 526 Å². The maximum absolute atomic E-state index is 14.3. The van der Waals surface area contributed by atoms with E-state index in [1.54, 1.807) is 16.5 Å². The van der Waals surface area contributed by atoms with Gasteiger partial charge in [0.05, 0.1) is 75.0 Å². The van der Waals surface area contributed by atoms with Gasteiger partial charge in [-0.2, -0.15) is 0 Å². The first kappa shape index (κ1) is 66.2. The summed E-state index contributed by atoms with van der Waals surface area (Å²) in [6.45, 7) is 20.1. The second-order valence-electron chi connectivity index (χ2n) is 23.2. The minimum Gasteiger partial charge on any atom is -0.491 e. The molecule has 5 N–H and O–H groups in total. The number of thiazole rings is 1. The van der Waals surface area contributed by atoms with Crippen molar-refractivity contribution < 1.29 is 62.5 Å². The second-order valence-corrected chi connectivity index (χ2v) is 24.1. The smallest absolute Gasteiger partial charge is 0.255 e. The summed E-state index contributed by atoms with van der Waals surface area (Å²) >= 11 is 1.52. The van der Waals surface area contributed by atoms with Gasteiger partial charge in [-0.15, -0.1) is 11.3 Å². The summed E-state index contributed by atoms with van der Waals surface area (Å²) in [6.07, 6.45) is 2.12. The number of nitrogens with one attached hydrogen (secondary N) is 3. The number of β-amino-alcohol motifs (C(OH)–C–C–N with tert-alkyl or cyclic N) is 1. The van der Waals surface area contributed by atoms with Crippen molar-refractivity contribution in [3.05, 3.63) is 141 Å². The molecular formula is C68H87N7O13S. The quantitative estimate of drug-likeness (QED) is 0.0267. The molecule has 9 rings (SSSR count). The highest BCUT2D eigenvalue weighted by molar-refractivity contribution is 7.13. The zero-order valence-electron chi connectivity index (χ0n) is 52.3. The van der Waals surface area contributed by atoms with Crippen molar-refractivity contribution in [1.82, 2.24) is 30.7 Å². The number of carbonyl (C=O) groups excluding carboxylic acids is 4. The van der Waals surface area contributed by atoms with Crippen LogP contribution in [0.2, 0.25) is 0 Å². The number of ether oxygens (including phenoxy) is 7. The number of dihydropyridines is 1. The summed E-state index contributed by atoms with van der Waals surface area (Å²) in [7, 11) is 0. The van der Waals surface area contributed by atoms with Crippen LogP contribution >= 0.6 is 11.3 Å². The molecule has 4 atom stereocenters. The molecular weight excluding hydrogens is 1150 g/mol. The molecule has 4 aliphatic heterocycles. The molecule has 0 aliphatic carbocycles. The van der Waals surface area contributed by atoms with Crippen LogP contribution in [0, 0.1) is 19.8 Å². The van der Waals surface area contributed by atoms with Crippen LogP contribution in [0.1, 0.15) is 97.0 Å². The van der Waals surface area contributed by atoms with Crippen molar-refractivity contribution in [2.75, 3.05) is 104 Å². The highest BCUT2D eigenvalue weighted by atomic mass is 32.1. The first-order chi connectivity index (χ1) is 43.1. The number of amides is 4. The summed E-state index contributed by atoms with van der Waals surface area (Å²) in [6, 6.07) is 23.7. The molecule has 0 saturated carbocycles. The van der Waals surface area contributed by atoms with Gasteiger partial charge >= 0.3 is 0 Å². The summed E-state index contributed by atoms with van der Waals surface area (Å²) < 4.78 is 41.0. The maximum Gasteiger partial charge on any atom is 0.255 e. The fourth-order valence-electron chi connectivity index (χ4n) is 12.1. The molecule has 2 fully saturated rings. The number of hydrogen-bond acceptors (Lipinski definition) is 17. The lowest BCUT2D eigenvalue weighted by Gasteiger charge is -2.37. The Morgan fingerprint density at radius 2 is 1.46 bits per heavy atom. The van der Waals surface area contributed by atoms with Gasteiger partial charge in [-0.1, -0.05) is 56.3 Å². The highest BCUT2D eigenvalue weighted by Gasteiger charge is 2.46. The summed E-state index contributed by atoms with van der Waals surface area (Å²) in [5.41, 5.74) is 12.7. The predicted molar refractivity (Wildman–Crippen MR) is 341 cm³/mol. The SMILES string of the molecule is CCN(c1cc(-c2ccc(OCCOCCOCCOCCOCCOc3cc(-c4scnc4C)ccc3CNC(=O)[C@@H]3C[C@@H](O)CN3C(=O)[C@H](C(C)C)N3Cc4ccccc4C3=O)cc2)cc(C(=O)NCC2=C(C)C=C(C)NC2O)c1C)C1CCOCC1. The number of nitrogens with zero attached hydrogens (tertiary/aromatic N) is 4. The first-order valence-electron chi connectivity index (χ1n) is 31.0. The average molecular weight is 1240 g/mol. The van der Waals surface area contributed by atoms with E-state index >= 15 is 0 Å². The molecule has 4 aliphatic rings. The van der Waals surface area contributed by atoms with Gasteiger partial charge in [0.2, 0.25) is 11.8 Å². The van der Waals surface area contributed by atoms with E-state index in [2.05, 4.69) is 38.8 Å². The molecule has 21 heteroatoms. The molecule has 1 aromatic heterocycles. The monoisotopic (exact) mass is 1240 g/mol. The second kappa shape index (κ2) is 32.0. The molecule has 2 saturated heterocycles. The van der Waals surface area contributed by atoms with Gasteiger partial charge in [-0.25, -0.2) is 4.98 Å². The number of likely N-dealkylation sites (tertiary alicyclic amines) is 1. The van der Waals surface area contributed by atoms with Crippen LogP contribution in [-0.2, 0) is 46.4 Å². The number of fused-ring (bicyclic) bond motifs is 1. The Balaban J connectivity index is 0.669. The third kappa shape index (κ3) is 17.0. The Morgan fingerprint density at radius 1 is 0.798 bits per heavy atom. The normalized spacial score (nSPS) is 18.0. The highest BCUT2D eigenvalue weighted by Crippen LogP contribution is 2.37. The van der Waals surface area contributed by atoms with E-state index in [4.69, 9.17) is 33.2 Å². The van der Waals surface area contributed by atoms with Crippen LogP contribution in [0.25, 0.3) is 21.6 Å². The van der Waals surface area contributed by atoms with Crippen molar-refractivity contribution in [2.45, 2.75) is 111 Å². The molecule has 20 nitrogen and oxygen atoms in total. The largest absolute Gasteiger partial charge is 0.491 e. The van der Waals surface area contributed by atoms with E-state index in [9.17, 15) is 29.4 Å². The van der Waals surface area contributed by atoms with E-state index in [1.165, 1.54) is 16.2 Å². The maximum atomic E-state index is 14.3. The molecule has 4 amide bonds. The number of allylic oxidation sites excluding steroid dienone is 3. The van der Waals surface area contributed by atoms with Gasteiger partial charge < -0.3 is 74.0 Å². The van der Waals surface area contributed by atoms with Crippen molar-refractivity contribution in [3.8, 4) is 33.1 Å². The number of anilines is 1. The molecule has 478 valence electrons. The third-order valence-electron chi connectivity index (χ3n) is 16.7. The van der Waals surface area contributed by atoms with E-state index in [-0.39, 0.29) is 62.9 Å². The number of aliphatic hydroxyl groups excluding tert-OH is 2. The van der Waals surface area contributed by atoms with Crippen molar-refractivity contribution in [2.24, 2.45) is 5.92 Å². The molecule has 5 heterocycles. The molecule has 0 spiro atoms. The van der Waals surface area contributed by atoms with Crippen LogP contribution in [0.3, 0.4) is 0 Å². The number of rotatable bonds is 31. The standard InChI is InChI=1S/C68H87N7O13S/c1-8-73(53-19-21-82-22-20-53)59-35-52(34-57(46(59)6)64(77)70-39-58-44(4)33-45(5)72-65(58)78)48-15-17-55(18-16-48)87-31-29-85-27-25-83-23-24-84-26-28-86-30-32-88-61-36-49(63-47(7)71-42-89-63)13-14-50(61)38-69-66(79)60-37-54(76)41-74(60)68(81)62(43(2)3)75-40-51-11-9-10-12-56(51)67(75)80/h9-18,33-36,42-43,53-54,60,62,65,72,76,78H,8,19-32,37-41H2,1-7H3,(H,69,79)(H,70,77)/t54-,60+,62+,65?/m1/s1.